The van der Waals surface area contributed by atoms with Crippen LogP contribution in [0.5, 0.6) is 11.5 Å². The molecule has 0 atom stereocenters. The number of hydrogen-bond acceptors (Lipinski definition) is 4. The Hall–Kier alpha value is -3.64. The standard InChI is InChI=1S/C22H17ClN4O2/c23-17-10-4-6-12-20(17)29-21-13-7-5-11-18(21)24-22(28)19-15-27(26-25-19)14-16-8-2-1-3-9-16/h1-13,15H,14H2,(H,24,28). The van der Waals surface area contributed by atoms with Crippen LogP contribution in [0.3, 0.4) is 0 Å². The highest BCUT2D eigenvalue weighted by molar-refractivity contribution is 6.32. The number of para-hydroxylation sites is 3. The number of carbonyl (C=O) groups is 1. The van der Waals surface area contributed by atoms with Gasteiger partial charge in [0.2, 0.25) is 0 Å². The molecule has 4 rings (SSSR count). The van der Waals surface area contributed by atoms with E-state index in [0.717, 1.165) is 5.56 Å². The zero-order chi connectivity index (χ0) is 20.1. The number of ether oxygens (including phenoxy) is 1. The highest BCUT2D eigenvalue weighted by atomic mass is 35.5. The molecule has 0 spiro atoms. The Morgan fingerprint density at radius 3 is 2.41 bits per heavy atom. The third kappa shape index (κ3) is 4.62. The number of anilines is 1. The van der Waals surface area contributed by atoms with E-state index in [2.05, 4.69) is 15.6 Å². The van der Waals surface area contributed by atoms with Crippen molar-refractivity contribution < 1.29 is 9.53 Å². The summed E-state index contributed by atoms with van der Waals surface area (Å²) in [6.45, 7) is 0.535. The SMILES string of the molecule is O=C(Nc1ccccc1Oc1ccccc1Cl)c1cn(Cc2ccccc2)nn1. The van der Waals surface area contributed by atoms with Gasteiger partial charge in [-0.25, -0.2) is 4.68 Å². The highest BCUT2D eigenvalue weighted by Crippen LogP contribution is 2.33. The van der Waals surface area contributed by atoms with Crippen molar-refractivity contribution in [2.24, 2.45) is 0 Å². The first-order valence-corrected chi connectivity index (χ1v) is 9.33. The largest absolute Gasteiger partial charge is 0.454 e. The second kappa shape index (κ2) is 8.58. The molecular formula is C22H17ClN4O2. The zero-order valence-electron chi connectivity index (χ0n) is 15.3. The van der Waals surface area contributed by atoms with Crippen molar-refractivity contribution in [1.29, 1.82) is 0 Å². The van der Waals surface area contributed by atoms with Gasteiger partial charge < -0.3 is 10.1 Å². The van der Waals surface area contributed by atoms with Crippen LogP contribution in [0.25, 0.3) is 0 Å². The van der Waals surface area contributed by atoms with E-state index in [1.54, 1.807) is 41.2 Å². The van der Waals surface area contributed by atoms with Crippen LogP contribution in [-0.4, -0.2) is 20.9 Å². The third-order valence-corrected chi connectivity index (χ3v) is 4.46. The Bertz CT molecular complexity index is 1130. The quantitative estimate of drug-likeness (QED) is 0.489. The molecule has 1 heterocycles. The average Bonchev–Trinajstić information content (AvgIpc) is 3.20. The molecule has 0 fully saturated rings. The van der Waals surface area contributed by atoms with Gasteiger partial charge in [0.1, 0.15) is 5.75 Å². The molecule has 3 aromatic carbocycles. The molecule has 1 amide bonds. The third-order valence-electron chi connectivity index (χ3n) is 4.15. The Kier molecular flexibility index (Phi) is 5.54. The van der Waals surface area contributed by atoms with Crippen LogP contribution in [0.2, 0.25) is 5.02 Å². The van der Waals surface area contributed by atoms with Crippen molar-refractivity contribution in [3.8, 4) is 11.5 Å². The zero-order valence-corrected chi connectivity index (χ0v) is 16.1. The number of aromatic nitrogens is 3. The van der Waals surface area contributed by atoms with Gasteiger partial charge in [-0.3, -0.25) is 4.79 Å². The van der Waals surface area contributed by atoms with E-state index < -0.39 is 0 Å². The summed E-state index contributed by atoms with van der Waals surface area (Å²) in [7, 11) is 0. The minimum absolute atomic E-state index is 0.216. The summed E-state index contributed by atoms with van der Waals surface area (Å²) in [5, 5.41) is 11.3. The van der Waals surface area contributed by atoms with Crippen molar-refractivity contribution in [2.45, 2.75) is 6.54 Å². The number of halogens is 1. The fraction of sp³-hybridized carbons (Fsp3) is 0.0455. The Morgan fingerprint density at radius 2 is 1.62 bits per heavy atom. The summed E-state index contributed by atoms with van der Waals surface area (Å²) in [5.41, 5.74) is 1.80. The normalized spacial score (nSPS) is 10.5. The van der Waals surface area contributed by atoms with Gasteiger partial charge in [-0.2, -0.15) is 0 Å². The molecule has 0 saturated carbocycles. The van der Waals surface area contributed by atoms with Crippen molar-refractivity contribution >= 4 is 23.2 Å². The van der Waals surface area contributed by atoms with Crippen molar-refractivity contribution in [2.75, 3.05) is 5.32 Å². The number of rotatable bonds is 6. The molecular weight excluding hydrogens is 388 g/mol. The maximum atomic E-state index is 12.6. The van der Waals surface area contributed by atoms with Gasteiger partial charge in [-0.15, -0.1) is 5.10 Å². The molecule has 4 aromatic rings. The van der Waals surface area contributed by atoms with Crippen LogP contribution in [-0.2, 0) is 6.54 Å². The van der Waals surface area contributed by atoms with Gasteiger partial charge in [0, 0.05) is 0 Å². The number of nitrogens with zero attached hydrogens (tertiary/aromatic N) is 3. The molecule has 0 saturated heterocycles. The molecule has 7 heteroatoms. The molecule has 0 aliphatic heterocycles. The van der Waals surface area contributed by atoms with E-state index in [9.17, 15) is 4.79 Å². The first kappa shape index (κ1) is 18.7. The number of nitrogens with one attached hydrogen (secondary N) is 1. The minimum atomic E-state index is -0.375. The van der Waals surface area contributed by atoms with Crippen molar-refractivity contribution in [3.05, 3.63) is 101 Å². The van der Waals surface area contributed by atoms with Gasteiger partial charge >= 0.3 is 0 Å². The molecule has 1 N–H and O–H groups in total. The predicted molar refractivity (Wildman–Crippen MR) is 111 cm³/mol. The smallest absolute Gasteiger partial charge is 0.277 e. The Labute approximate surface area is 172 Å². The van der Waals surface area contributed by atoms with Gasteiger partial charge in [0.15, 0.2) is 11.4 Å². The van der Waals surface area contributed by atoms with Crippen molar-refractivity contribution in [3.63, 3.8) is 0 Å². The fourth-order valence-corrected chi connectivity index (χ4v) is 2.92. The lowest BCUT2D eigenvalue weighted by Crippen LogP contribution is -2.13. The van der Waals surface area contributed by atoms with Gasteiger partial charge in [0.05, 0.1) is 23.5 Å². The predicted octanol–water partition coefficient (Wildman–Crippen LogP) is 5.02. The maximum absolute atomic E-state index is 12.6. The molecule has 144 valence electrons. The van der Waals surface area contributed by atoms with Gasteiger partial charge in [-0.1, -0.05) is 71.4 Å². The molecule has 0 radical (unpaired) electrons. The second-order valence-corrected chi connectivity index (χ2v) is 6.68. The monoisotopic (exact) mass is 404 g/mol. The lowest BCUT2D eigenvalue weighted by molar-refractivity contribution is 0.102. The van der Waals surface area contributed by atoms with E-state index in [1.807, 2.05) is 48.5 Å². The van der Waals surface area contributed by atoms with Gasteiger partial charge in [0.25, 0.3) is 5.91 Å². The number of benzene rings is 3. The molecule has 29 heavy (non-hydrogen) atoms. The summed E-state index contributed by atoms with van der Waals surface area (Å²) < 4.78 is 7.49. The van der Waals surface area contributed by atoms with E-state index in [4.69, 9.17) is 16.3 Å². The molecule has 0 aliphatic rings. The van der Waals surface area contributed by atoms with E-state index >= 15 is 0 Å². The second-order valence-electron chi connectivity index (χ2n) is 6.27. The fourth-order valence-electron chi connectivity index (χ4n) is 2.74. The molecule has 6 nitrogen and oxygen atoms in total. The Morgan fingerprint density at radius 1 is 0.931 bits per heavy atom. The van der Waals surface area contributed by atoms with E-state index in [0.29, 0.717) is 28.8 Å². The number of amides is 1. The van der Waals surface area contributed by atoms with E-state index in [-0.39, 0.29) is 11.6 Å². The van der Waals surface area contributed by atoms with Crippen LogP contribution in [0.4, 0.5) is 5.69 Å². The topological polar surface area (TPSA) is 69.0 Å². The molecule has 1 aromatic heterocycles. The van der Waals surface area contributed by atoms with Crippen LogP contribution >= 0.6 is 11.6 Å². The van der Waals surface area contributed by atoms with E-state index in [1.165, 1.54) is 0 Å². The maximum Gasteiger partial charge on any atom is 0.277 e. The summed E-state index contributed by atoms with van der Waals surface area (Å²) in [4.78, 5) is 12.6. The van der Waals surface area contributed by atoms with Gasteiger partial charge in [-0.05, 0) is 29.8 Å². The van der Waals surface area contributed by atoms with Crippen LogP contribution < -0.4 is 10.1 Å². The van der Waals surface area contributed by atoms with Crippen LogP contribution in [0.1, 0.15) is 16.1 Å². The Balaban J connectivity index is 1.48. The molecule has 0 bridgehead atoms. The summed E-state index contributed by atoms with van der Waals surface area (Å²) in [5.74, 6) is 0.606. The first-order valence-electron chi connectivity index (χ1n) is 8.96. The summed E-state index contributed by atoms with van der Waals surface area (Å²) >= 11 is 6.16. The minimum Gasteiger partial charge on any atom is -0.454 e. The average molecular weight is 405 g/mol. The molecule has 0 aliphatic carbocycles. The molecule has 0 unspecified atom stereocenters. The van der Waals surface area contributed by atoms with Crippen molar-refractivity contribution in [1.82, 2.24) is 15.0 Å². The first-order chi connectivity index (χ1) is 14.2. The summed E-state index contributed by atoms with van der Waals surface area (Å²) in [6.07, 6.45) is 1.61. The van der Waals surface area contributed by atoms with Crippen LogP contribution in [0.15, 0.2) is 85.1 Å². The lowest BCUT2D eigenvalue weighted by atomic mass is 10.2. The van der Waals surface area contributed by atoms with Crippen LogP contribution in [0, 0.1) is 0 Å². The summed E-state index contributed by atoms with van der Waals surface area (Å²) in [6, 6.07) is 24.1. The number of carbonyl (C=O) groups excluding carboxylic acids is 1. The number of hydrogen-bond donors (Lipinski definition) is 1. The highest BCUT2D eigenvalue weighted by Gasteiger charge is 2.14. The lowest BCUT2D eigenvalue weighted by Gasteiger charge is -2.12.